The van der Waals surface area contributed by atoms with Gasteiger partial charge in [-0.25, -0.2) is 4.79 Å². The Hall–Kier alpha value is -3.97. The van der Waals surface area contributed by atoms with Gasteiger partial charge in [0.25, 0.3) is 0 Å². The number of hydrogen-bond donors (Lipinski definition) is 3. The van der Waals surface area contributed by atoms with Crippen LogP contribution in [0.15, 0.2) is 71.3 Å². The highest BCUT2D eigenvalue weighted by molar-refractivity contribution is 5.93. The maximum atomic E-state index is 15.2. The summed E-state index contributed by atoms with van der Waals surface area (Å²) in [6.07, 6.45) is -3.00. The number of benzene rings is 2. The fourth-order valence-electron chi connectivity index (χ4n) is 9.01. The largest absolute Gasteiger partial charge is 0.456 e. The van der Waals surface area contributed by atoms with Gasteiger partial charge in [-0.05, 0) is 108 Å². The maximum absolute atomic E-state index is 15.2. The van der Waals surface area contributed by atoms with E-state index in [2.05, 4.69) is 43.2 Å². The number of carbonyl (C=O) groups is 2. The van der Waals surface area contributed by atoms with Crippen molar-refractivity contribution in [3.8, 4) is 11.8 Å². The van der Waals surface area contributed by atoms with Crippen molar-refractivity contribution in [3.05, 3.63) is 88.0 Å². The molecule has 4 aliphatic rings. The number of rotatable bonds is 4. The topological polar surface area (TPSA) is 78.4 Å². The average molecular weight is 695 g/mol. The lowest BCUT2D eigenvalue weighted by Gasteiger charge is -2.56. The van der Waals surface area contributed by atoms with E-state index in [0.717, 1.165) is 27.8 Å². The Morgan fingerprint density at radius 1 is 0.960 bits per heavy atom. The van der Waals surface area contributed by atoms with E-state index in [-0.39, 0.29) is 36.5 Å². The summed E-state index contributed by atoms with van der Waals surface area (Å²) >= 11 is 0. The minimum atomic E-state index is -5.90. The third-order valence-electron chi connectivity index (χ3n) is 11.7. The predicted molar refractivity (Wildman–Crippen MR) is 182 cm³/mol. The Bertz CT molecular complexity index is 1790. The zero-order valence-electron chi connectivity index (χ0n) is 28.7. The van der Waals surface area contributed by atoms with Crippen LogP contribution >= 0.6 is 0 Å². The van der Waals surface area contributed by atoms with Crippen LogP contribution in [0.2, 0.25) is 0 Å². The zero-order valence-corrected chi connectivity index (χ0v) is 28.7. The highest BCUT2D eigenvalue weighted by atomic mass is 19.4. The first-order valence-electron chi connectivity index (χ1n) is 17.2. The van der Waals surface area contributed by atoms with E-state index in [4.69, 9.17) is 0 Å². The third-order valence-corrected chi connectivity index (χ3v) is 11.7. The monoisotopic (exact) mass is 694 g/mol. The molecule has 2 fully saturated rings. The van der Waals surface area contributed by atoms with E-state index < -0.39 is 47.4 Å². The summed E-state index contributed by atoms with van der Waals surface area (Å²) in [6.45, 7) is 7.82. The van der Waals surface area contributed by atoms with Crippen LogP contribution in [0.4, 0.5) is 32.4 Å². The molecule has 2 saturated carbocycles. The summed E-state index contributed by atoms with van der Waals surface area (Å²) in [4.78, 5) is 24.7. The molecule has 5 nitrogen and oxygen atoms in total. The van der Waals surface area contributed by atoms with Crippen molar-refractivity contribution in [1.29, 1.82) is 0 Å². The highest BCUT2D eigenvalue weighted by Gasteiger charge is 2.79. The number of allylic oxidation sites excluding steroid dienone is 4. The first-order valence-corrected chi connectivity index (χ1v) is 17.2. The maximum Gasteiger partial charge on any atom is 0.456 e. The molecule has 0 aromatic heterocycles. The van der Waals surface area contributed by atoms with Crippen LogP contribution < -0.4 is 10.6 Å². The molecule has 0 saturated heterocycles. The first kappa shape index (κ1) is 35.8. The lowest BCUT2D eigenvalue weighted by atomic mass is 9.50. The molecule has 0 heterocycles. The van der Waals surface area contributed by atoms with Crippen LogP contribution in [0, 0.1) is 29.1 Å². The van der Waals surface area contributed by atoms with Crippen LogP contribution in [0.5, 0.6) is 0 Å². The van der Waals surface area contributed by atoms with E-state index in [0.29, 0.717) is 36.9 Å². The van der Waals surface area contributed by atoms with Crippen LogP contribution in [-0.4, -0.2) is 41.2 Å². The molecule has 0 bridgehead atoms. The molecule has 0 spiro atoms. The van der Waals surface area contributed by atoms with Gasteiger partial charge < -0.3 is 15.7 Å². The summed E-state index contributed by atoms with van der Waals surface area (Å²) in [7, 11) is 0. The van der Waals surface area contributed by atoms with Crippen molar-refractivity contribution in [1.82, 2.24) is 5.32 Å². The van der Waals surface area contributed by atoms with Gasteiger partial charge in [-0.3, -0.25) is 4.79 Å². The SMILES string of the molecule is CC(C)(C)c1ccc(NC(=O)NCC#Cc2ccc([C@H]3C[C@@]4(C)[C@@H](CC[C@@]4(O)C(F)(F)C(F)(F)F)[C@@H]4CCC5=CC(=O)CCC5=C43)cc2)cc1. The van der Waals surface area contributed by atoms with E-state index in [1.807, 2.05) is 36.4 Å². The summed E-state index contributed by atoms with van der Waals surface area (Å²) in [5.74, 6) is -0.695. The standard InChI is InChI=1S/C40H43F5N2O3/c1-36(2,3)27-12-14-28(15-13-27)47-35(49)46-21-5-6-24-7-9-25(10-8-24)32-23-37(4)33(19-20-38(37,50)39(41,42)40(43,44)45)31-17-11-26-22-29(48)16-18-30(26)34(31)32/h7-10,12-15,22,31-33,50H,11,16-21,23H2,1-4H3,(H2,46,47,49)/t31-,32+,33-,37-,38-/m0/s1. The number of amides is 2. The molecule has 0 unspecified atom stereocenters. The Kier molecular flexibility index (Phi) is 9.08. The fraction of sp³-hybridized carbons (Fsp3) is 0.500. The second kappa shape index (κ2) is 12.7. The Balaban J connectivity index is 1.23. The number of fused-ring (bicyclic) bond motifs is 4. The fourth-order valence-corrected chi connectivity index (χ4v) is 9.01. The van der Waals surface area contributed by atoms with Gasteiger partial charge >= 0.3 is 18.1 Å². The molecule has 6 rings (SSSR count). The van der Waals surface area contributed by atoms with Crippen molar-refractivity contribution in [2.24, 2.45) is 17.3 Å². The number of hydrogen-bond acceptors (Lipinski definition) is 3. The summed E-state index contributed by atoms with van der Waals surface area (Å²) in [5.41, 5.74) is 1.16. The quantitative estimate of drug-likeness (QED) is 0.221. The van der Waals surface area contributed by atoms with Crippen LogP contribution in [0.25, 0.3) is 0 Å². The zero-order chi connectivity index (χ0) is 36.3. The van der Waals surface area contributed by atoms with Crippen LogP contribution in [0.3, 0.4) is 0 Å². The normalized spacial score (nSPS) is 28.1. The minimum absolute atomic E-state index is 0.00409. The number of aliphatic hydroxyl groups is 1. The molecule has 2 aromatic rings. The van der Waals surface area contributed by atoms with E-state index in [1.54, 1.807) is 18.2 Å². The number of ketones is 1. The van der Waals surface area contributed by atoms with Gasteiger partial charge in [0.15, 0.2) is 5.78 Å². The second-order valence-electron chi connectivity index (χ2n) is 15.5. The summed E-state index contributed by atoms with van der Waals surface area (Å²) in [6, 6.07) is 14.4. The number of halogens is 5. The molecule has 5 atom stereocenters. The number of nitrogens with one attached hydrogen (secondary N) is 2. The van der Waals surface area contributed by atoms with Gasteiger partial charge in [0, 0.05) is 29.0 Å². The van der Waals surface area contributed by atoms with Gasteiger partial charge in [-0.15, -0.1) is 0 Å². The van der Waals surface area contributed by atoms with Gasteiger partial charge in [0.1, 0.15) is 5.60 Å². The third kappa shape index (κ3) is 6.16. The molecule has 0 radical (unpaired) electrons. The van der Waals surface area contributed by atoms with E-state index in [9.17, 15) is 27.9 Å². The van der Waals surface area contributed by atoms with Gasteiger partial charge in [-0.2, -0.15) is 22.0 Å². The molecule has 266 valence electrons. The number of anilines is 1. The van der Waals surface area contributed by atoms with Gasteiger partial charge in [-0.1, -0.05) is 69.4 Å². The number of carbonyl (C=O) groups excluding carboxylic acids is 2. The molecular weight excluding hydrogens is 651 g/mol. The Labute approximate surface area is 289 Å². The number of alkyl halides is 5. The lowest BCUT2D eigenvalue weighted by Crippen LogP contribution is -2.65. The second-order valence-corrected chi connectivity index (χ2v) is 15.5. The molecule has 0 aliphatic heterocycles. The van der Waals surface area contributed by atoms with Gasteiger partial charge in [0.2, 0.25) is 0 Å². The van der Waals surface area contributed by atoms with Crippen molar-refractivity contribution in [3.63, 3.8) is 0 Å². The molecule has 2 amide bonds. The lowest BCUT2D eigenvalue weighted by molar-refractivity contribution is -0.362. The van der Waals surface area contributed by atoms with E-state index in [1.165, 1.54) is 6.92 Å². The Morgan fingerprint density at radius 3 is 2.28 bits per heavy atom. The van der Waals surface area contributed by atoms with Crippen molar-refractivity contribution >= 4 is 17.5 Å². The number of urea groups is 1. The van der Waals surface area contributed by atoms with Gasteiger partial charge in [0.05, 0.1) is 6.54 Å². The van der Waals surface area contributed by atoms with Crippen molar-refractivity contribution in [2.45, 2.75) is 102 Å². The van der Waals surface area contributed by atoms with Crippen molar-refractivity contribution in [2.75, 3.05) is 11.9 Å². The Morgan fingerprint density at radius 2 is 1.64 bits per heavy atom. The molecule has 2 aromatic carbocycles. The highest BCUT2D eigenvalue weighted by Crippen LogP contribution is 2.70. The van der Waals surface area contributed by atoms with E-state index >= 15 is 8.78 Å². The summed E-state index contributed by atoms with van der Waals surface area (Å²) < 4.78 is 72.0. The minimum Gasteiger partial charge on any atom is -0.383 e. The molecule has 50 heavy (non-hydrogen) atoms. The average Bonchev–Trinajstić information content (AvgIpc) is 3.33. The van der Waals surface area contributed by atoms with Crippen molar-refractivity contribution < 1.29 is 36.6 Å². The molecular formula is C40H43F5N2O3. The molecule has 10 heteroatoms. The smallest absolute Gasteiger partial charge is 0.383 e. The molecule has 4 aliphatic carbocycles. The van der Waals surface area contributed by atoms with Crippen LogP contribution in [0.1, 0.15) is 95.2 Å². The van der Waals surface area contributed by atoms with Crippen LogP contribution in [-0.2, 0) is 10.2 Å². The molecule has 3 N–H and O–H groups in total. The predicted octanol–water partition coefficient (Wildman–Crippen LogP) is 8.99. The summed E-state index contributed by atoms with van der Waals surface area (Å²) in [5, 5.41) is 16.9. The first-order chi connectivity index (χ1) is 23.4.